The highest BCUT2D eigenvalue weighted by Gasteiger charge is 2.23. The molecule has 3 aromatic rings. The first-order chi connectivity index (χ1) is 14.9. The van der Waals surface area contributed by atoms with Gasteiger partial charge in [-0.15, -0.1) is 5.10 Å². The van der Waals surface area contributed by atoms with Crippen LogP contribution in [0.25, 0.3) is 5.69 Å². The van der Waals surface area contributed by atoms with Crippen LogP contribution in [0.3, 0.4) is 0 Å². The number of benzene rings is 2. The third-order valence-corrected chi connectivity index (χ3v) is 5.15. The van der Waals surface area contributed by atoms with E-state index >= 15 is 0 Å². The number of anilines is 2. The average Bonchev–Trinajstić information content (AvgIpc) is 3.18. The second-order valence-electron chi connectivity index (χ2n) is 7.59. The van der Waals surface area contributed by atoms with Crippen LogP contribution in [0.5, 0.6) is 5.75 Å². The van der Waals surface area contributed by atoms with Gasteiger partial charge in [0.1, 0.15) is 29.8 Å². The molecule has 0 spiro atoms. The summed E-state index contributed by atoms with van der Waals surface area (Å²) in [5, 5.41) is 7.30. The quantitative estimate of drug-likeness (QED) is 0.667. The number of amides is 1. The van der Waals surface area contributed by atoms with Crippen molar-refractivity contribution in [3.8, 4) is 11.4 Å². The molecule has 1 amide bonds. The molecule has 4 rings (SSSR count). The molecule has 1 aliphatic heterocycles. The SMILES string of the molecule is CC(=O)N1CCCC(Oc2ccc(Nc3ncn(-c4cc(F)cc(F)c4)n3)cc2C)C1. The summed E-state index contributed by atoms with van der Waals surface area (Å²) in [4.78, 5) is 17.6. The van der Waals surface area contributed by atoms with Crippen LogP contribution >= 0.6 is 0 Å². The van der Waals surface area contributed by atoms with E-state index < -0.39 is 11.6 Å². The first kappa shape index (κ1) is 20.8. The Kier molecular flexibility index (Phi) is 5.83. The standard InChI is InChI=1S/C22H23F2N5O2/c1-14-8-18(5-6-21(14)31-20-4-3-7-28(12-20)15(2)30)26-22-25-13-29(27-22)19-10-16(23)9-17(24)11-19/h5-6,8-11,13,20H,3-4,7,12H2,1-2H3,(H,26,27). The number of carbonyl (C=O) groups excluding carboxylic acids is 1. The Morgan fingerprint density at radius 1 is 1.19 bits per heavy atom. The summed E-state index contributed by atoms with van der Waals surface area (Å²) >= 11 is 0. The Bertz CT molecular complexity index is 1080. The van der Waals surface area contributed by atoms with Crippen LogP contribution in [0.4, 0.5) is 20.4 Å². The van der Waals surface area contributed by atoms with Gasteiger partial charge in [0.2, 0.25) is 11.9 Å². The topological polar surface area (TPSA) is 72.3 Å². The van der Waals surface area contributed by atoms with Crippen LogP contribution in [0, 0.1) is 18.6 Å². The Hall–Kier alpha value is -3.49. The third-order valence-electron chi connectivity index (χ3n) is 5.15. The molecule has 7 nitrogen and oxygen atoms in total. The number of nitrogens with zero attached hydrogens (tertiary/aromatic N) is 4. The summed E-state index contributed by atoms with van der Waals surface area (Å²) in [6, 6.07) is 8.77. The molecule has 0 radical (unpaired) electrons. The molecule has 0 aliphatic carbocycles. The number of aromatic nitrogens is 3. The molecule has 1 aromatic heterocycles. The van der Waals surface area contributed by atoms with E-state index in [-0.39, 0.29) is 17.7 Å². The van der Waals surface area contributed by atoms with E-state index in [1.165, 1.54) is 23.1 Å². The maximum atomic E-state index is 13.4. The third kappa shape index (κ3) is 4.99. The van der Waals surface area contributed by atoms with E-state index in [1.54, 1.807) is 6.92 Å². The molecular weight excluding hydrogens is 404 g/mol. The average molecular weight is 427 g/mol. The van der Waals surface area contributed by atoms with Gasteiger partial charge in [-0.05, 0) is 55.7 Å². The van der Waals surface area contributed by atoms with Gasteiger partial charge in [-0.25, -0.2) is 13.5 Å². The van der Waals surface area contributed by atoms with Gasteiger partial charge < -0.3 is 15.0 Å². The van der Waals surface area contributed by atoms with Gasteiger partial charge in [0.15, 0.2) is 0 Å². The lowest BCUT2D eigenvalue weighted by Gasteiger charge is -2.32. The largest absolute Gasteiger partial charge is 0.488 e. The number of nitrogens with one attached hydrogen (secondary N) is 1. The fourth-order valence-corrected chi connectivity index (χ4v) is 3.60. The van der Waals surface area contributed by atoms with Crippen molar-refractivity contribution in [1.29, 1.82) is 0 Å². The molecule has 1 unspecified atom stereocenters. The predicted octanol–water partition coefficient (Wildman–Crippen LogP) is 3.99. The highest BCUT2D eigenvalue weighted by molar-refractivity contribution is 5.73. The van der Waals surface area contributed by atoms with Gasteiger partial charge in [0.25, 0.3) is 0 Å². The van der Waals surface area contributed by atoms with E-state index in [4.69, 9.17) is 4.74 Å². The molecule has 2 heterocycles. The lowest BCUT2D eigenvalue weighted by Crippen LogP contribution is -2.43. The zero-order valence-electron chi connectivity index (χ0n) is 17.3. The number of ether oxygens (including phenoxy) is 1. The van der Waals surface area contributed by atoms with Crippen LogP contribution < -0.4 is 10.1 Å². The molecule has 1 saturated heterocycles. The number of hydrogen-bond donors (Lipinski definition) is 1. The molecule has 162 valence electrons. The van der Waals surface area contributed by atoms with Crippen molar-refractivity contribution in [2.45, 2.75) is 32.8 Å². The maximum Gasteiger partial charge on any atom is 0.246 e. The predicted molar refractivity (Wildman–Crippen MR) is 112 cm³/mol. The van der Waals surface area contributed by atoms with Crippen LogP contribution in [0.1, 0.15) is 25.3 Å². The molecule has 1 fully saturated rings. The summed E-state index contributed by atoms with van der Waals surface area (Å²) in [5.74, 6) is -0.250. The Labute approximate surface area is 178 Å². The highest BCUT2D eigenvalue weighted by Crippen LogP contribution is 2.26. The zero-order chi connectivity index (χ0) is 22.0. The number of aryl methyl sites for hydroxylation is 1. The Morgan fingerprint density at radius 2 is 1.97 bits per heavy atom. The monoisotopic (exact) mass is 427 g/mol. The van der Waals surface area contributed by atoms with Gasteiger partial charge in [0.05, 0.1) is 12.2 Å². The fourth-order valence-electron chi connectivity index (χ4n) is 3.60. The minimum Gasteiger partial charge on any atom is -0.488 e. The number of hydrogen-bond acceptors (Lipinski definition) is 5. The molecular formula is C22H23F2N5O2. The molecule has 1 N–H and O–H groups in total. The molecule has 2 aromatic carbocycles. The van der Waals surface area contributed by atoms with Crippen molar-refractivity contribution in [3.63, 3.8) is 0 Å². The number of halogens is 2. The minimum absolute atomic E-state index is 0.0285. The highest BCUT2D eigenvalue weighted by atomic mass is 19.1. The van der Waals surface area contributed by atoms with Crippen molar-refractivity contribution in [3.05, 3.63) is 59.9 Å². The number of piperidine rings is 1. The van der Waals surface area contributed by atoms with E-state index in [0.29, 0.717) is 12.5 Å². The van der Waals surface area contributed by atoms with Crippen LogP contribution in [0.15, 0.2) is 42.7 Å². The molecule has 1 aliphatic rings. The van der Waals surface area contributed by atoms with Crippen LogP contribution in [-0.2, 0) is 4.79 Å². The van der Waals surface area contributed by atoms with Gasteiger partial charge in [-0.1, -0.05) is 0 Å². The summed E-state index contributed by atoms with van der Waals surface area (Å²) in [5.41, 5.74) is 1.92. The lowest BCUT2D eigenvalue weighted by molar-refractivity contribution is -0.131. The molecule has 9 heteroatoms. The molecule has 31 heavy (non-hydrogen) atoms. The Morgan fingerprint density at radius 3 is 2.68 bits per heavy atom. The van der Waals surface area contributed by atoms with Crippen molar-refractivity contribution in [1.82, 2.24) is 19.7 Å². The minimum atomic E-state index is -0.685. The first-order valence-corrected chi connectivity index (χ1v) is 10.1. The van der Waals surface area contributed by atoms with Gasteiger partial charge in [-0.2, -0.15) is 4.98 Å². The van der Waals surface area contributed by atoms with Crippen molar-refractivity contribution >= 4 is 17.5 Å². The lowest BCUT2D eigenvalue weighted by atomic mass is 10.1. The van der Waals surface area contributed by atoms with E-state index in [1.807, 2.05) is 30.0 Å². The zero-order valence-corrected chi connectivity index (χ0v) is 17.3. The van der Waals surface area contributed by atoms with E-state index in [9.17, 15) is 13.6 Å². The van der Waals surface area contributed by atoms with Gasteiger partial charge in [-0.3, -0.25) is 4.79 Å². The van der Waals surface area contributed by atoms with Crippen LogP contribution in [0.2, 0.25) is 0 Å². The fraction of sp³-hybridized carbons (Fsp3) is 0.318. The summed E-state index contributed by atoms with van der Waals surface area (Å²) in [6.07, 6.45) is 3.18. The van der Waals surface area contributed by atoms with Crippen molar-refractivity contribution in [2.75, 3.05) is 18.4 Å². The number of rotatable bonds is 5. The van der Waals surface area contributed by atoms with Crippen LogP contribution in [-0.4, -0.2) is 44.8 Å². The summed E-state index contributed by atoms with van der Waals surface area (Å²) in [7, 11) is 0. The Balaban J connectivity index is 1.43. The smallest absolute Gasteiger partial charge is 0.246 e. The molecule has 0 bridgehead atoms. The molecule has 0 saturated carbocycles. The van der Waals surface area contributed by atoms with Crippen molar-refractivity contribution in [2.24, 2.45) is 0 Å². The van der Waals surface area contributed by atoms with Gasteiger partial charge >= 0.3 is 0 Å². The first-order valence-electron chi connectivity index (χ1n) is 10.1. The normalized spacial score (nSPS) is 16.3. The summed E-state index contributed by atoms with van der Waals surface area (Å²) < 4.78 is 34.3. The molecule has 1 atom stereocenters. The second kappa shape index (κ2) is 8.71. The second-order valence-corrected chi connectivity index (χ2v) is 7.59. The number of likely N-dealkylation sites (tertiary alicyclic amines) is 1. The number of carbonyl (C=O) groups is 1. The van der Waals surface area contributed by atoms with Crippen molar-refractivity contribution < 1.29 is 18.3 Å². The van der Waals surface area contributed by atoms with E-state index in [0.717, 1.165) is 42.5 Å². The van der Waals surface area contributed by atoms with E-state index in [2.05, 4.69) is 15.4 Å². The maximum absolute atomic E-state index is 13.4. The summed E-state index contributed by atoms with van der Waals surface area (Å²) in [6.45, 7) is 4.89. The van der Waals surface area contributed by atoms with Gasteiger partial charge in [0, 0.05) is 25.2 Å².